The molecule has 0 aliphatic carbocycles. The number of hydrogen-bond donors (Lipinski definition) is 0. The number of carbonyl (C=O) groups excluding carboxylic acids is 2. The van der Waals surface area contributed by atoms with Gasteiger partial charge in [-0.1, -0.05) is 6.07 Å². The lowest BCUT2D eigenvalue weighted by atomic mass is 9.73. The SMILES string of the molecule is CC(=O)N1CCC[C@@]2(C(=O)N3CCOCC3)CN(c3ccccn3)C[C@H]2C1. The number of pyridine rings is 1. The summed E-state index contributed by atoms with van der Waals surface area (Å²) in [5.41, 5.74) is -0.445. The molecule has 1 aromatic rings. The topological polar surface area (TPSA) is 66.0 Å². The first kappa shape index (κ1) is 18.2. The van der Waals surface area contributed by atoms with Crippen molar-refractivity contribution < 1.29 is 14.3 Å². The molecule has 0 saturated carbocycles. The lowest BCUT2D eigenvalue weighted by Gasteiger charge is -2.38. The Hall–Kier alpha value is -2.15. The van der Waals surface area contributed by atoms with Crippen molar-refractivity contribution in [3.05, 3.63) is 24.4 Å². The molecule has 0 unspecified atom stereocenters. The van der Waals surface area contributed by atoms with Gasteiger partial charge in [-0.15, -0.1) is 0 Å². The van der Waals surface area contributed by atoms with Gasteiger partial charge < -0.3 is 19.4 Å². The third kappa shape index (κ3) is 3.40. The summed E-state index contributed by atoms with van der Waals surface area (Å²) in [6.07, 6.45) is 3.48. The van der Waals surface area contributed by atoms with Gasteiger partial charge in [0.2, 0.25) is 11.8 Å². The number of morpholine rings is 1. The molecule has 3 saturated heterocycles. The Kier molecular flexibility index (Phi) is 5.04. The van der Waals surface area contributed by atoms with E-state index in [2.05, 4.69) is 9.88 Å². The number of nitrogens with zero attached hydrogens (tertiary/aromatic N) is 4. The number of ether oxygens (including phenoxy) is 1. The van der Waals surface area contributed by atoms with Crippen molar-refractivity contribution in [3.63, 3.8) is 0 Å². The van der Waals surface area contributed by atoms with Crippen LogP contribution in [0.1, 0.15) is 19.8 Å². The Morgan fingerprint density at radius 2 is 1.96 bits per heavy atom. The Morgan fingerprint density at radius 1 is 1.15 bits per heavy atom. The number of rotatable bonds is 2. The molecule has 146 valence electrons. The van der Waals surface area contributed by atoms with Gasteiger partial charge in [0.25, 0.3) is 0 Å². The third-order valence-corrected chi connectivity index (χ3v) is 6.33. The van der Waals surface area contributed by atoms with Crippen molar-refractivity contribution in [1.82, 2.24) is 14.8 Å². The van der Waals surface area contributed by atoms with Gasteiger partial charge in [-0.2, -0.15) is 0 Å². The Labute approximate surface area is 160 Å². The van der Waals surface area contributed by atoms with E-state index in [4.69, 9.17) is 4.74 Å². The molecule has 0 radical (unpaired) electrons. The van der Waals surface area contributed by atoms with E-state index in [9.17, 15) is 9.59 Å². The zero-order valence-corrected chi connectivity index (χ0v) is 16.0. The molecule has 4 rings (SSSR count). The van der Waals surface area contributed by atoms with Gasteiger partial charge in [-0.25, -0.2) is 4.98 Å². The molecule has 3 fully saturated rings. The monoisotopic (exact) mass is 372 g/mol. The van der Waals surface area contributed by atoms with Crippen molar-refractivity contribution in [1.29, 1.82) is 0 Å². The van der Waals surface area contributed by atoms with E-state index in [-0.39, 0.29) is 17.7 Å². The molecule has 7 nitrogen and oxygen atoms in total. The predicted molar refractivity (Wildman–Crippen MR) is 101 cm³/mol. The lowest BCUT2D eigenvalue weighted by molar-refractivity contribution is -0.148. The lowest BCUT2D eigenvalue weighted by Crippen LogP contribution is -2.52. The largest absolute Gasteiger partial charge is 0.378 e. The van der Waals surface area contributed by atoms with Gasteiger partial charge in [0.15, 0.2) is 0 Å². The van der Waals surface area contributed by atoms with E-state index in [1.54, 1.807) is 13.1 Å². The molecule has 0 bridgehead atoms. The Balaban J connectivity index is 1.65. The zero-order valence-electron chi connectivity index (χ0n) is 16.0. The van der Waals surface area contributed by atoms with Crippen LogP contribution in [0.15, 0.2) is 24.4 Å². The van der Waals surface area contributed by atoms with Crippen LogP contribution in [-0.4, -0.2) is 79.1 Å². The van der Waals surface area contributed by atoms with Crippen LogP contribution in [-0.2, 0) is 14.3 Å². The smallest absolute Gasteiger partial charge is 0.231 e. The first-order valence-electron chi connectivity index (χ1n) is 9.89. The molecule has 3 aliphatic rings. The normalized spacial score (nSPS) is 28.6. The highest BCUT2D eigenvalue weighted by molar-refractivity contribution is 5.85. The van der Waals surface area contributed by atoms with Gasteiger partial charge in [0, 0.05) is 58.3 Å². The number of likely N-dealkylation sites (tertiary alicyclic amines) is 1. The molecule has 27 heavy (non-hydrogen) atoms. The highest BCUT2D eigenvalue weighted by Crippen LogP contribution is 2.45. The van der Waals surface area contributed by atoms with E-state index in [1.165, 1.54) is 0 Å². The summed E-state index contributed by atoms with van der Waals surface area (Å²) in [7, 11) is 0. The minimum Gasteiger partial charge on any atom is -0.378 e. The summed E-state index contributed by atoms with van der Waals surface area (Å²) in [5.74, 6) is 1.37. The number of aromatic nitrogens is 1. The fourth-order valence-electron chi connectivity index (χ4n) is 4.87. The van der Waals surface area contributed by atoms with Crippen LogP contribution < -0.4 is 4.90 Å². The van der Waals surface area contributed by atoms with E-state index in [1.807, 2.05) is 28.0 Å². The molecule has 2 amide bonds. The highest BCUT2D eigenvalue weighted by Gasteiger charge is 2.54. The molecular formula is C20H28N4O3. The van der Waals surface area contributed by atoms with Crippen LogP contribution in [0.2, 0.25) is 0 Å². The number of carbonyl (C=O) groups is 2. The minimum atomic E-state index is -0.445. The second-order valence-electron chi connectivity index (χ2n) is 7.89. The van der Waals surface area contributed by atoms with E-state index < -0.39 is 5.41 Å². The summed E-state index contributed by atoms with van der Waals surface area (Å²) in [6.45, 7) is 6.99. The molecule has 3 aliphatic heterocycles. The molecule has 0 aromatic carbocycles. The van der Waals surface area contributed by atoms with Crippen LogP contribution >= 0.6 is 0 Å². The second kappa shape index (κ2) is 7.46. The van der Waals surface area contributed by atoms with Crippen LogP contribution in [0.25, 0.3) is 0 Å². The molecule has 7 heteroatoms. The number of anilines is 1. The van der Waals surface area contributed by atoms with Gasteiger partial charge in [-0.05, 0) is 25.0 Å². The predicted octanol–water partition coefficient (Wildman–Crippen LogP) is 1.01. The maximum Gasteiger partial charge on any atom is 0.231 e. The summed E-state index contributed by atoms with van der Waals surface area (Å²) in [4.78, 5) is 36.4. The summed E-state index contributed by atoms with van der Waals surface area (Å²) < 4.78 is 5.44. The fourth-order valence-corrected chi connectivity index (χ4v) is 4.87. The Bertz CT molecular complexity index is 692. The van der Waals surface area contributed by atoms with Crippen molar-refractivity contribution in [2.24, 2.45) is 11.3 Å². The third-order valence-electron chi connectivity index (χ3n) is 6.33. The standard InChI is InChI=1S/C20H28N4O3/c1-16(25)23-8-4-6-20(19(26)22-9-11-27-12-10-22)15-24(14-17(20)13-23)18-5-2-3-7-21-18/h2-3,5,7,17H,4,6,8-15H2,1H3/t17-,20-/m1/s1. The van der Waals surface area contributed by atoms with Crippen molar-refractivity contribution in [2.75, 3.05) is 57.4 Å². The summed E-state index contributed by atoms with van der Waals surface area (Å²) >= 11 is 0. The first-order valence-corrected chi connectivity index (χ1v) is 9.89. The average molecular weight is 372 g/mol. The molecule has 1 aromatic heterocycles. The molecular weight excluding hydrogens is 344 g/mol. The maximum atomic E-state index is 13.7. The molecule has 0 spiro atoms. The van der Waals surface area contributed by atoms with Crippen LogP contribution in [0.5, 0.6) is 0 Å². The van der Waals surface area contributed by atoms with Crippen LogP contribution in [0.4, 0.5) is 5.82 Å². The van der Waals surface area contributed by atoms with Crippen LogP contribution in [0.3, 0.4) is 0 Å². The second-order valence-corrected chi connectivity index (χ2v) is 7.89. The van der Waals surface area contributed by atoms with Crippen molar-refractivity contribution in [2.45, 2.75) is 19.8 Å². The molecule has 2 atom stereocenters. The minimum absolute atomic E-state index is 0.0981. The van der Waals surface area contributed by atoms with E-state index in [0.29, 0.717) is 39.4 Å². The first-order chi connectivity index (χ1) is 13.1. The Morgan fingerprint density at radius 3 is 2.67 bits per heavy atom. The maximum absolute atomic E-state index is 13.7. The van der Waals surface area contributed by atoms with Gasteiger partial charge in [0.1, 0.15) is 5.82 Å². The van der Waals surface area contributed by atoms with Gasteiger partial charge >= 0.3 is 0 Å². The van der Waals surface area contributed by atoms with E-state index >= 15 is 0 Å². The quantitative estimate of drug-likeness (QED) is 0.775. The van der Waals surface area contributed by atoms with Crippen molar-refractivity contribution in [3.8, 4) is 0 Å². The highest BCUT2D eigenvalue weighted by atomic mass is 16.5. The molecule has 4 heterocycles. The number of amides is 2. The van der Waals surface area contributed by atoms with Crippen molar-refractivity contribution >= 4 is 17.6 Å². The van der Waals surface area contributed by atoms with E-state index in [0.717, 1.165) is 31.7 Å². The average Bonchev–Trinajstić information content (AvgIpc) is 2.97. The summed E-state index contributed by atoms with van der Waals surface area (Å²) in [5, 5.41) is 0. The van der Waals surface area contributed by atoms with Gasteiger partial charge in [0.05, 0.1) is 18.6 Å². The zero-order chi connectivity index (χ0) is 18.9. The summed E-state index contributed by atoms with van der Waals surface area (Å²) in [6, 6.07) is 5.89. The molecule has 0 N–H and O–H groups in total. The van der Waals surface area contributed by atoms with Gasteiger partial charge in [-0.3, -0.25) is 9.59 Å². The number of fused-ring (bicyclic) bond motifs is 1. The number of hydrogen-bond acceptors (Lipinski definition) is 5. The van der Waals surface area contributed by atoms with Crippen LogP contribution in [0, 0.1) is 11.3 Å². The fraction of sp³-hybridized carbons (Fsp3) is 0.650.